The van der Waals surface area contributed by atoms with E-state index in [1.807, 2.05) is 0 Å². The van der Waals surface area contributed by atoms with Gasteiger partial charge in [0.25, 0.3) is 0 Å². The number of hydrogen-bond donors (Lipinski definition) is 2. The summed E-state index contributed by atoms with van der Waals surface area (Å²) in [6.45, 7) is 1.66. The van der Waals surface area contributed by atoms with Crippen LogP contribution in [0.2, 0.25) is 0 Å². The zero-order chi connectivity index (χ0) is 10.0. The molecule has 0 radical (unpaired) electrons. The molecule has 4 N–H and O–H groups in total. The van der Waals surface area contributed by atoms with Crippen LogP contribution in [0.1, 0.15) is 16.2 Å². The summed E-state index contributed by atoms with van der Waals surface area (Å²) in [4.78, 5) is 15.8. The molecule has 1 rings (SSSR count). The Kier molecular flexibility index (Phi) is 2.27. The van der Waals surface area contributed by atoms with Crippen molar-refractivity contribution in [3.05, 3.63) is 11.4 Å². The Morgan fingerprint density at radius 3 is 2.46 bits per heavy atom. The van der Waals surface area contributed by atoms with E-state index in [0.29, 0.717) is 5.69 Å². The van der Waals surface area contributed by atoms with Crippen molar-refractivity contribution in [2.45, 2.75) is 6.92 Å². The fraction of sp³-hybridized carbons (Fsp3) is 0.333. The zero-order valence-corrected chi connectivity index (χ0v) is 7.35. The van der Waals surface area contributed by atoms with E-state index in [2.05, 4.69) is 15.2 Å². The molecule has 7 heteroatoms. The third-order valence-corrected chi connectivity index (χ3v) is 1.32. The lowest BCUT2D eigenvalue weighted by molar-refractivity contribution is 0.0996. The van der Waals surface area contributed by atoms with Gasteiger partial charge in [-0.05, 0) is 6.92 Å². The van der Waals surface area contributed by atoms with E-state index in [0.717, 1.165) is 0 Å². The van der Waals surface area contributed by atoms with Crippen LogP contribution in [0.4, 0.5) is 0 Å². The average molecular weight is 182 g/mol. The highest BCUT2D eigenvalue weighted by Crippen LogP contribution is 2.01. The first-order valence-electron chi connectivity index (χ1n) is 3.52. The predicted molar refractivity (Wildman–Crippen MR) is 45.9 cm³/mol. The molecule has 1 aromatic rings. The minimum atomic E-state index is -0.578. The van der Waals surface area contributed by atoms with Crippen molar-refractivity contribution in [2.75, 3.05) is 0 Å². The lowest BCUT2D eigenvalue weighted by atomic mass is 10.3. The minimum absolute atomic E-state index is 0.163. The minimum Gasteiger partial charge on any atom is -0.370 e. The van der Waals surface area contributed by atoms with Crippen LogP contribution in [0.5, 0.6) is 0 Å². The van der Waals surface area contributed by atoms with Crippen molar-refractivity contribution in [2.24, 2.45) is 23.5 Å². The molecule has 0 bridgehead atoms. The highest BCUT2D eigenvalue weighted by atomic mass is 16.1. The number of rotatable bonds is 1. The molecule has 13 heavy (non-hydrogen) atoms. The van der Waals surface area contributed by atoms with E-state index in [-0.39, 0.29) is 11.7 Å². The Labute approximate surface area is 74.4 Å². The van der Waals surface area contributed by atoms with Gasteiger partial charge in [0.15, 0.2) is 11.7 Å². The maximum absolute atomic E-state index is 11.2. The number of aromatic nitrogens is 3. The van der Waals surface area contributed by atoms with Gasteiger partial charge in [-0.2, -0.15) is 14.9 Å². The molecule has 7 nitrogen and oxygen atoms in total. The maximum Gasteiger partial charge on any atom is 0.302 e. The number of aryl methyl sites for hydroxylation is 2. The third-order valence-electron chi connectivity index (χ3n) is 1.32. The largest absolute Gasteiger partial charge is 0.370 e. The Balaban J connectivity index is 3.02. The van der Waals surface area contributed by atoms with Gasteiger partial charge < -0.3 is 11.5 Å². The van der Waals surface area contributed by atoms with Gasteiger partial charge in [-0.25, -0.2) is 0 Å². The van der Waals surface area contributed by atoms with Crippen molar-refractivity contribution >= 4 is 11.9 Å². The normalized spacial score (nSPS) is 9.69. The Hall–Kier alpha value is -1.92. The number of nitrogens with zero attached hydrogens (tertiary/aromatic N) is 4. The van der Waals surface area contributed by atoms with Gasteiger partial charge in [-0.3, -0.25) is 4.79 Å². The van der Waals surface area contributed by atoms with Gasteiger partial charge in [0.1, 0.15) is 0 Å². The number of nitrogens with two attached hydrogens (primary N) is 2. The van der Waals surface area contributed by atoms with Crippen LogP contribution in [-0.2, 0) is 7.05 Å². The lowest BCUT2D eigenvalue weighted by Crippen LogP contribution is -2.24. The molecular formula is C6H10N6O. The van der Waals surface area contributed by atoms with Crippen LogP contribution in [0, 0.1) is 6.92 Å². The molecule has 0 aliphatic carbocycles. The van der Waals surface area contributed by atoms with E-state index < -0.39 is 5.91 Å². The zero-order valence-electron chi connectivity index (χ0n) is 7.35. The second-order valence-electron chi connectivity index (χ2n) is 2.47. The van der Waals surface area contributed by atoms with Crippen LogP contribution in [0.3, 0.4) is 0 Å². The van der Waals surface area contributed by atoms with Crippen molar-refractivity contribution in [3.63, 3.8) is 0 Å². The van der Waals surface area contributed by atoms with Crippen molar-refractivity contribution in [1.29, 1.82) is 0 Å². The van der Waals surface area contributed by atoms with Gasteiger partial charge in [-0.15, -0.1) is 5.10 Å². The Bertz CT molecular complexity index is 361. The summed E-state index contributed by atoms with van der Waals surface area (Å²) < 4.78 is 0. The first-order chi connectivity index (χ1) is 6.00. The quantitative estimate of drug-likeness (QED) is 0.407. The molecule has 0 aromatic carbocycles. The maximum atomic E-state index is 11.2. The number of guanidine groups is 1. The van der Waals surface area contributed by atoms with Gasteiger partial charge >= 0.3 is 5.91 Å². The summed E-state index contributed by atoms with van der Waals surface area (Å²) in [6.07, 6.45) is 0. The van der Waals surface area contributed by atoms with Gasteiger partial charge in [-0.1, -0.05) is 0 Å². The molecule has 0 saturated carbocycles. The number of amides is 1. The molecule has 1 amide bonds. The summed E-state index contributed by atoms with van der Waals surface area (Å²) in [5.41, 5.74) is 10.7. The Morgan fingerprint density at radius 2 is 2.08 bits per heavy atom. The first-order valence-corrected chi connectivity index (χ1v) is 3.52. The molecule has 0 unspecified atom stereocenters. The molecule has 0 spiro atoms. The summed E-state index contributed by atoms with van der Waals surface area (Å²) in [5, 5.41) is 7.67. The third kappa shape index (κ3) is 2.01. The summed E-state index contributed by atoms with van der Waals surface area (Å²) in [5.74, 6) is -0.861. The fourth-order valence-electron chi connectivity index (χ4n) is 0.872. The second-order valence-corrected chi connectivity index (χ2v) is 2.47. The predicted octanol–water partition coefficient (Wildman–Crippen LogP) is -1.46. The lowest BCUT2D eigenvalue weighted by Gasteiger charge is -1.89. The summed E-state index contributed by atoms with van der Waals surface area (Å²) in [6, 6.07) is 0. The van der Waals surface area contributed by atoms with Crippen LogP contribution in [-0.4, -0.2) is 26.9 Å². The molecule has 0 atom stereocenters. The fourth-order valence-corrected chi connectivity index (χ4v) is 0.872. The summed E-state index contributed by atoms with van der Waals surface area (Å²) >= 11 is 0. The highest BCUT2D eigenvalue weighted by Gasteiger charge is 2.13. The first kappa shape index (κ1) is 9.17. The van der Waals surface area contributed by atoms with Gasteiger partial charge in [0, 0.05) is 7.05 Å². The Morgan fingerprint density at radius 1 is 1.46 bits per heavy atom. The van der Waals surface area contributed by atoms with Crippen LogP contribution >= 0.6 is 0 Å². The second kappa shape index (κ2) is 3.21. The van der Waals surface area contributed by atoms with Crippen molar-refractivity contribution in [3.8, 4) is 0 Å². The smallest absolute Gasteiger partial charge is 0.302 e. The molecule has 0 saturated heterocycles. The van der Waals surface area contributed by atoms with Crippen molar-refractivity contribution in [1.82, 2.24) is 15.0 Å². The number of aliphatic imine (C=N–C) groups is 1. The average Bonchev–Trinajstić information content (AvgIpc) is 2.28. The van der Waals surface area contributed by atoms with E-state index >= 15 is 0 Å². The van der Waals surface area contributed by atoms with Crippen LogP contribution in [0.15, 0.2) is 4.99 Å². The van der Waals surface area contributed by atoms with E-state index in [1.165, 1.54) is 4.80 Å². The monoisotopic (exact) mass is 182 g/mol. The molecule has 1 heterocycles. The molecule has 70 valence electrons. The number of carbonyl (C=O) groups is 1. The molecular weight excluding hydrogens is 172 g/mol. The van der Waals surface area contributed by atoms with Gasteiger partial charge in [0.2, 0.25) is 0 Å². The molecule has 0 fully saturated rings. The number of carbonyl (C=O) groups excluding carboxylic acids is 1. The van der Waals surface area contributed by atoms with Crippen LogP contribution < -0.4 is 11.5 Å². The molecule has 0 aliphatic heterocycles. The standard InChI is InChI=1S/C6H10N6O/c1-3-4(11-12(2)10-3)5(13)9-6(7)8/h1-2H3,(H4,7,8,9,13). The topological polar surface area (TPSA) is 112 Å². The van der Waals surface area contributed by atoms with Gasteiger partial charge in [0.05, 0.1) is 5.69 Å². The molecule has 1 aromatic heterocycles. The number of hydrogen-bond acceptors (Lipinski definition) is 3. The summed E-state index contributed by atoms with van der Waals surface area (Å²) in [7, 11) is 1.61. The van der Waals surface area contributed by atoms with Crippen LogP contribution in [0.25, 0.3) is 0 Å². The SMILES string of the molecule is Cc1nn(C)nc1C(=O)N=C(N)N. The highest BCUT2D eigenvalue weighted by molar-refractivity contribution is 6.01. The van der Waals surface area contributed by atoms with E-state index in [9.17, 15) is 4.79 Å². The molecule has 0 aliphatic rings. The van der Waals surface area contributed by atoms with E-state index in [4.69, 9.17) is 11.5 Å². The van der Waals surface area contributed by atoms with E-state index in [1.54, 1.807) is 14.0 Å². The van der Waals surface area contributed by atoms with Crippen molar-refractivity contribution < 1.29 is 4.79 Å².